The smallest absolute Gasteiger partial charge is 0.287 e. The van der Waals surface area contributed by atoms with Crippen molar-refractivity contribution in [1.29, 1.82) is 0 Å². The summed E-state index contributed by atoms with van der Waals surface area (Å²) >= 11 is 0. The molecular weight excluding hydrogens is 359 g/mol. The zero-order valence-corrected chi connectivity index (χ0v) is 13.3. The standard InChI is InChI=1S/C12H20N4O2.HI/c1-2-3-6-15-12(13)16-8-7-14-11(17)10-5-4-9-18-10;/h4-5,9H,2-3,6-8H2,1H3,(H,14,17)(H3,13,15,16);1H. The lowest BCUT2D eigenvalue weighted by Gasteiger charge is -2.06. The summed E-state index contributed by atoms with van der Waals surface area (Å²) < 4.78 is 4.96. The Bertz CT molecular complexity index is 379. The Balaban J connectivity index is 0.00000324. The average Bonchev–Trinajstić information content (AvgIpc) is 2.88. The van der Waals surface area contributed by atoms with Crippen LogP contribution in [0.1, 0.15) is 30.3 Å². The van der Waals surface area contributed by atoms with Gasteiger partial charge in [-0.25, -0.2) is 0 Å². The zero-order chi connectivity index (χ0) is 13.2. The first-order valence-corrected chi connectivity index (χ1v) is 6.09. The van der Waals surface area contributed by atoms with Crippen molar-refractivity contribution in [3.8, 4) is 0 Å². The highest BCUT2D eigenvalue weighted by Gasteiger charge is 2.06. The third kappa shape index (κ3) is 7.70. The molecular formula is C12H21IN4O2. The number of furan rings is 1. The second-order valence-corrected chi connectivity index (χ2v) is 3.78. The number of carbonyl (C=O) groups excluding carboxylic acids is 1. The number of aliphatic imine (C=N–C) groups is 1. The highest BCUT2D eigenvalue weighted by atomic mass is 127. The van der Waals surface area contributed by atoms with Gasteiger partial charge in [-0.1, -0.05) is 13.3 Å². The van der Waals surface area contributed by atoms with Crippen molar-refractivity contribution >= 4 is 35.8 Å². The summed E-state index contributed by atoms with van der Waals surface area (Å²) in [6, 6.07) is 3.29. The number of rotatable bonds is 7. The molecule has 1 aromatic rings. The lowest BCUT2D eigenvalue weighted by molar-refractivity contribution is 0.0926. The first-order chi connectivity index (χ1) is 8.74. The molecule has 0 atom stereocenters. The van der Waals surface area contributed by atoms with E-state index in [2.05, 4.69) is 22.5 Å². The summed E-state index contributed by atoms with van der Waals surface area (Å²) in [5.41, 5.74) is 5.63. The Morgan fingerprint density at radius 2 is 2.16 bits per heavy atom. The van der Waals surface area contributed by atoms with E-state index in [-0.39, 0.29) is 29.9 Å². The molecule has 19 heavy (non-hydrogen) atoms. The van der Waals surface area contributed by atoms with E-state index in [1.54, 1.807) is 12.1 Å². The largest absolute Gasteiger partial charge is 0.459 e. The highest BCUT2D eigenvalue weighted by Crippen LogP contribution is 1.98. The van der Waals surface area contributed by atoms with Crippen LogP contribution in [-0.4, -0.2) is 31.5 Å². The van der Waals surface area contributed by atoms with Gasteiger partial charge in [0, 0.05) is 19.6 Å². The minimum atomic E-state index is -0.233. The van der Waals surface area contributed by atoms with Crippen LogP contribution >= 0.6 is 24.0 Å². The van der Waals surface area contributed by atoms with E-state index >= 15 is 0 Å². The van der Waals surface area contributed by atoms with Gasteiger partial charge < -0.3 is 20.8 Å². The molecule has 7 heteroatoms. The van der Waals surface area contributed by atoms with Crippen LogP contribution in [0.2, 0.25) is 0 Å². The van der Waals surface area contributed by atoms with Crippen molar-refractivity contribution in [2.45, 2.75) is 19.8 Å². The monoisotopic (exact) mass is 380 g/mol. The minimum absolute atomic E-state index is 0. The summed E-state index contributed by atoms with van der Waals surface area (Å²) in [7, 11) is 0. The average molecular weight is 380 g/mol. The number of unbranched alkanes of at least 4 members (excludes halogenated alkanes) is 1. The van der Waals surface area contributed by atoms with E-state index in [0.29, 0.717) is 24.8 Å². The van der Waals surface area contributed by atoms with Crippen LogP contribution in [0.3, 0.4) is 0 Å². The third-order valence-electron chi connectivity index (χ3n) is 2.26. The summed E-state index contributed by atoms with van der Waals surface area (Å²) in [6.45, 7) is 3.83. The number of hydrogen-bond donors (Lipinski definition) is 3. The molecule has 1 rings (SSSR count). The molecule has 0 saturated heterocycles. The maximum atomic E-state index is 11.5. The Morgan fingerprint density at radius 1 is 1.42 bits per heavy atom. The van der Waals surface area contributed by atoms with Crippen LogP contribution in [0, 0.1) is 0 Å². The quantitative estimate of drug-likeness (QED) is 0.288. The van der Waals surface area contributed by atoms with Crippen molar-refractivity contribution in [2.75, 3.05) is 19.6 Å². The molecule has 0 bridgehead atoms. The fraction of sp³-hybridized carbons (Fsp3) is 0.500. The predicted molar refractivity (Wildman–Crippen MR) is 85.9 cm³/mol. The van der Waals surface area contributed by atoms with Crippen LogP contribution < -0.4 is 16.4 Å². The molecule has 1 amide bonds. The van der Waals surface area contributed by atoms with Crippen molar-refractivity contribution < 1.29 is 9.21 Å². The van der Waals surface area contributed by atoms with E-state index in [9.17, 15) is 4.79 Å². The summed E-state index contributed by atoms with van der Waals surface area (Å²) in [6.07, 6.45) is 3.58. The van der Waals surface area contributed by atoms with Crippen molar-refractivity contribution in [2.24, 2.45) is 10.7 Å². The van der Waals surface area contributed by atoms with Crippen molar-refractivity contribution in [3.63, 3.8) is 0 Å². The molecule has 108 valence electrons. The van der Waals surface area contributed by atoms with E-state index in [0.717, 1.165) is 19.4 Å². The number of nitrogens with zero attached hydrogens (tertiary/aromatic N) is 1. The molecule has 0 radical (unpaired) electrons. The van der Waals surface area contributed by atoms with Crippen LogP contribution in [0.4, 0.5) is 0 Å². The Kier molecular flexibility index (Phi) is 9.95. The molecule has 0 unspecified atom stereocenters. The number of amides is 1. The van der Waals surface area contributed by atoms with Gasteiger partial charge in [0.25, 0.3) is 5.91 Å². The van der Waals surface area contributed by atoms with Gasteiger partial charge in [0.2, 0.25) is 0 Å². The Hall–Kier alpha value is -1.25. The van der Waals surface area contributed by atoms with Gasteiger partial charge in [-0.3, -0.25) is 9.79 Å². The number of guanidine groups is 1. The molecule has 0 aliphatic carbocycles. The van der Waals surface area contributed by atoms with Gasteiger partial charge in [0.15, 0.2) is 11.7 Å². The molecule has 4 N–H and O–H groups in total. The normalized spacial score (nSPS) is 10.7. The van der Waals surface area contributed by atoms with Crippen LogP contribution in [-0.2, 0) is 0 Å². The Labute approximate surface area is 130 Å². The second kappa shape index (κ2) is 10.7. The fourth-order valence-electron chi connectivity index (χ4n) is 1.27. The van der Waals surface area contributed by atoms with Gasteiger partial charge in [-0.2, -0.15) is 0 Å². The van der Waals surface area contributed by atoms with Crippen molar-refractivity contribution in [3.05, 3.63) is 24.2 Å². The van der Waals surface area contributed by atoms with E-state index in [1.165, 1.54) is 6.26 Å². The first-order valence-electron chi connectivity index (χ1n) is 6.09. The molecule has 0 fully saturated rings. The van der Waals surface area contributed by atoms with Crippen LogP contribution in [0.15, 0.2) is 27.8 Å². The van der Waals surface area contributed by atoms with Crippen LogP contribution in [0.5, 0.6) is 0 Å². The van der Waals surface area contributed by atoms with Gasteiger partial charge in [-0.15, -0.1) is 24.0 Å². The molecule has 1 heterocycles. The zero-order valence-electron chi connectivity index (χ0n) is 11.0. The number of carbonyl (C=O) groups is 1. The number of hydrogen-bond acceptors (Lipinski definition) is 3. The number of nitrogens with two attached hydrogens (primary N) is 1. The summed E-state index contributed by atoms with van der Waals surface area (Å²) in [5, 5.41) is 5.63. The SMILES string of the molecule is CCCCN=C(N)NCCNC(=O)c1ccco1.I. The van der Waals surface area contributed by atoms with E-state index < -0.39 is 0 Å². The van der Waals surface area contributed by atoms with E-state index in [4.69, 9.17) is 10.2 Å². The van der Waals surface area contributed by atoms with Crippen molar-refractivity contribution in [1.82, 2.24) is 10.6 Å². The lowest BCUT2D eigenvalue weighted by Crippen LogP contribution is -2.38. The Morgan fingerprint density at radius 3 is 2.79 bits per heavy atom. The fourth-order valence-corrected chi connectivity index (χ4v) is 1.27. The summed E-state index contributed by atoms with van der Waals surface area (Å²) in [5.74, 6) is 0.485. The molecule has 1 aromatic heterocycles. The van der Waals surface area contributed by atoms with E-state index in [1.807, 2.05) is 0 Å². The summed E-state index contributed by atoms with van der Waals surface area (Å²) in [4.78, 5) is 15.6. The number of nitrogens with one attached hydrogen (secondary N) is 2. The maximum Gasteiger partial charge on any atom is 0.287 e. The van der Waals surface area contributed by atoms with Gasteiger partial charge in [-0.05, 0) is 18.6 Å². The molecule has 0 spiro atoms. The second-order valence-electron chi connectivity index (χ2n) is 3.78. The van der Waals surface area contributed by atoms with Gasteiger partial charge >= 0.3 is 0 Å². The lowest BCUT2D eigenvalue weighted by atomic mass is 10.3. The minimum Gasteiger partial charge on any atom is -0.459 e. The first kappa shape index (κ1) is 17.8. The molecule has 0 aliphatic heterocycles. The molecule has 0 saturated carbocycles. The van der Waals surface area contributed by atoms with Crippen LogP contribution in [0.25, 0.3) is 0 Å². The van der Waals surface area contributed by atoms with Gasteiger partial charge in [0.1, 0.15) is 0 Å². The molecule has 6 nitrogen and oxygen atoms in total. The molecule has 0 aliphatic rings. The number of halogens is 1. The van der Waals surface area contributed by atoms with Gasteiger partial charge in [0.05, 0.1) is 6.26 Å². The maximum absolute atomic E-state index is 11.5. The topological polar surface area (TPSA) is 92.6 Å². The predicted octanol–water partition coefficient (Wildman–Crippen LogP) is 1.33. The highest BCUT2D eigenvalue weighted by molar-refractivity contribution is 14.0. The third-order valence-corrected chi connectivity index (χ3v) is 2.26. The molecule has 0 aromatic carbocycles.